The maximum atomic E-state index is 12.5. The van der Waals surface area contributed by atoms with Crippen molar-refractivity contribution >= 4 is 17.8 Å². The molecule has 0 aliphatic carbocycles. The Hall–Kier alpha value is -3.15. The quantitative estimate of drug-likeness (QED) is 0.654. The third-order valence-corrected chi connectivity index (χ3v) is 4.72. The molecule has 2 amide bonds. The van der Waals surface area contributed by atoms with Gasteiger partial charge in [-0.2, -0.15) is 0 Å². The number of aliphatic carboxylic acids is 1. The average molecular weight is 382 g/mol. The van der Waals surface area contributed by atoms with Crippen LogP contribution in [-0.2, 0) is 10.2 Å². The number of carbonyl (C=O) groups is 3. The van der Waals surface area contributed by atoms with E-state index in [1.165, 1.54) is 0 Å². The molecule has 1 atom stereocenters. The normalized spacial score (nSPS) is 12.9. The molecule has 3 N–H and O–H groups in total. The first-order valence-electron chi connectivity index (χ1n) is 9.28. The number of rotatable bonds is 8. The van der Waals surface area contributed by atoms with Gasteiger partial charge in [0.25, 0.3) is 11.8 Å². The highest BCUT2D eigenvalue weighted by atomic mass is 16.4. The van der Waals surface area contributed by atoms with E-state index in [-0.39, 0.29) is 24.4 Å². The highest BCUT2D eigenvalue weighted by molar-refractivity contribution is 5.98. The van der Waals surface area contributed by atoms with E-state index in [4.69, 9.17) is 0 Å². The lowest BCUT2D eigenvalue weighted by Crippen LogP contribution is -2.46. The van der Waals surface area contributed by atoms with E-state index in [1.54, 1.807) is 55.5 Å². The lowest BCUT2D eigenvalue weighted by Gasteiger charge is -2.29. The minimum atomic E-state index is -1.20. The fraction of sp³-hybridized carbons (Fsp3) is 0.318. The molecule has 2 rings (SSSR count). The molecule has 148 valence electrons. The van der Waals surface area contributed by atoms with E-state index in [0.717, 1.165) is 0 Å². The molecule has 0 saturated carbocycles. The van der Waals surface area contributed by atoms with Crippen molar-refractivity contribution in [1.29, 1.82) is 0 Å². The second-order valence-electron chi connectivity index (χ2n) is 7.00. The van der Waals surface area contributed by atoms with Crippen molar-refractivity contribution in [3.8, 4) is 0 Å². The van der Waals surface area contributed by atoms with Crippen molar-refractivity contribution in [2.45, 2.75) is 38.6 Å². The van der Waals surface area contributed by atoms with Gasteiger partial charge in [-0.05, 0) is 50.1 Å². The number of carbonyl (C=O) groups excluding carboxylic acids is 2. The van der Waals surface area contributed by atoms with Crippen LogP contribution in [0.15, 0.2) is 54.6 Å². The molecule has 0 aromatic heterocycles. The van der Waals surface area contributed by atoms with Crippen LogP contribution in [0.1, 0.15) is 53.5 Å². The van der Waals surface area contributed by atoms with Crippen molar-refractivity contribution in [2.75, 3.05) is 6.54 Å². The van der Waals surface area contributed by atoms with E-state index in [1.807, 2.05) is 19.9 Å². The fourth-order valence-electron chi connectivity index (χ4n) is 2.99. The van der Waals surface area contributed by atoms with Crippen molar-refractivity contribution in [1.82, 2.24) is 10.6 Å². The van der Waals surface area contributed by atoms with Crippen molar-refractivity contribution in [2.24, 2.45) is 0 Å². The van der Waals surface area contributed by atoms with E-state index >= 15 is 0 Å². The smallest absolute Gasteiger partial charge is 0.315 e. The van der Waals surface area contributed by atoms with Gasteiger partial charge >= 0.3 is 5.97 Å². The number of hydrogen-bond acceptors (Lipinski definition) is 3. The molecule has 2 aromatic carbocycles. The molecule has 2 aromatic rings. The zero-order valence-electron chi connectivity index (χ0n) is 16.4. The Kier molecular flexibility index (Phi) is 6.93. The molecule has 0 aliphatic heterocycles. The van der Waals surface area contributed by atoms with Gasteiger partial charge in [-0.3, -0.25) is 14.4 Å². The van der Waals surface area contributed by atoms with Gasteiger partial charge in [0.05, 0.1) is 0 Å². The SMILES string of the molecule is CCC(CNC(=O)c1ccc(C(=O)NC(C)C)cc1)(C(=O)O)c1ccccc1. The van der Waals surface area contributed by atoms with Crippen molar-refractivity contribution in [3.63, 3.8) is 0 Å². The Morgan fingerprint density at radius 2 is 1.46 bits per heavy atom. The van der Waals surface area contributed by atoms with Crippen LogP contribution in [0.25, 0.3) is 0 Å². The maximum Gasteiger partial charge on any atom is 0.315 e. The lowest BCUT2D eigenvalue weighted by molar-refractivity contribution is -0.143. The lowest BCUT2D eigenvalue weighted by atomic mass is 9.78. The van der Waals surface area contributed by atoms with Crippen LogP contribution >= 0.6 is 0 Å². The highest BCUT2D eigenvalue weighted by Gasteiger charge is 2.39. The van der Waals surface area contributed by atoms with Crippen molar-refractivity contribution < 1.29 is 19.5 Å². The van der Waals surface area contributed by atoms with Gasteiger partial charge in [0.2, 0.25) is 0 Å². The van der Waals surface area contributed by atoms with Crippen LogP contribution in [0.3, 0.4) is 0 Å². The molecule has 1 unspecified atom stereocenters. The topological polar surface area (TPSA) is 95.5 Å². The molecule has 6 heteroatoms. The minimum absolute atomic E-state index is 0.0200. The second kappa shape index (κ2) is 9.17. The summed E-state index contributed by atoms with van der Waals surface area (Å²) in [7, 11) is 0. The van der Waals surface area contributed by atoms with Crippen molar-refractivity contribution in [3.05, 3.63) is 71.3 Å². The standard InChI is InChI=1S/C22H26N2O4/c1-4-22(21(27)28,18-8-6-5-7-9-18)14-23-19(25)16-10-12-17(13-11-16)20(26)24-15(2)3/h5-13,15H,4,14H2,1-3H3,(H,23,25)(H,24,26)(H,27,28). The predicted octanol–water partition coefficient (Wildman–Crippen LogP) is 2.99. The zero-order chi connectivity index (χ0) is 20.7. The molecule has 0 saturated heterocycles. The summed E-state index contributed by atoms with van der Waals surface area (Å²) in [6, 6.07) is 15.2. The van der Waals surface area contributed by atoms with Crippen LogP contribution in [0, 0.1) is 0 Å². The third-order valence-electron chi connectivity index (χ3n) is 4.72. The number of nitrogens with one attached hydrogen (secondary N) is 2. The number of carboxylic acid groups (broad SMARTS) is 1. The molecule has 28 heavy (non-hydrogen) atoms. The highest BCUT2D eigenvalue weighted by Crippen LogP contribution is 2.28. The van der Waals surface area contributed by atoms with Crippen LogP contribution in [-0.4, -0.2) is 35.5 Å². The van der Waals surface area contributed by atoms with E-state index in [2.05, 4.69) is 10.6 Å². The first-order valence-corrected chi connectivity index (χ1v) is 9.28. The zero-order valence-corrected chi connectivity index (χ0v) is 16.4. The minimum Gasteiger partial charge on any atom is -0.481 e. The Morgan fingerprint density at radius 3 is 1.93 bits per heavy atom. The number of carboxylic acids is 1. The molecule has 0 aliphatic rings. The van der Waals surface area contributed by atoms with Gasteiger partial charge < -0.3 is 15.7 Å². The largest absolute Gasteiger partial charge is 0.481 e. The molecule has 0 fully saturated rings. The summed E-state index contributed by atoms with van der Waals surface area (Å²) < 4.78 is 0. The van der Waals surface area contributed by atoms with Gasteiger partial charge in [0.15, 0.2) is 0 Å². The summed E-state index contributed by atoms with van der Waals surface area (Å²) in [5, 5.41) is 15.4. The molecule has 0 radical (unpaired) electrons. The third kappa shape index (κ3) is 4.76. The predicted molar refractivity (Wildman–Crippen MR) is 107 cm³/mol. The molecule has 6 nitrogen and oxygen atoms in total. The van der Waals surface area contributed by atoms with Gasteiger partial charge in [0.1, 0.15) is 5.41 Å². The van der Waals surface area contributed by atoms with E-state index in [0.29, 0.717) is 23.1 Å². The Labute approximate surface area is 165 Å². The molecule has 0 spiro atoms. The monoisotopic (exact) mass is 382 g/mol. The summed E-state index contributed by atoms with van der Waals surface area (Å²) in [4.78, 5) is 36.5. The summed E-state index contributed by atoms with van der Waals surface area (Å²) >= 11 is 0. The van der Waals surface area contributed by atoms with Crippen LogP contribution in [0.5, 0.6) is 0 Å². The molecule has 0 heterocycles. The van der Waals surface area contributed by atoms with Crippen LogP contribution < -0.4 is 10.6 Å². The fourth-order valence-corrected chi connectivity index (χ4v) is 2.99. The van der Waals surface area contributed by atoms with Crippen LogP contribution in [0.4, 0.5) is 0 Å². The number of hydrogen-bond donors (Lipinski definition) is 3. The summed E-state index contributed by atoms with van der Waals surface area (Å²) in [6.07, 6.45) is 0.334. The van der Waals surface area contributed by atoms with Gasteiger partial charge in [-0.1, -0.05) is 37.3 Å². The number of benzene rings is 2. The Balaban J connectivity index is 2.13. The van der Waals surface area contributed by atoms with E-state index in [9.17, 15) is 19.5 Å². The van der Waals surface area contributed by atoms with Crippen LogP contribution in [0.2, 0.25) is 0 Å². The molecule has 0 bridgehead atoms. The van der Waals surface area contributed by atoms with Gasteiger partial charge in [-0.15, -0.1) is 0 Å². The van der Waals surface area contributed by atoms with E-state index < -0.39 is 11.4 Å². The first-order chi connectivity index (χ1) is 13.3. The van der Waals surface area contributed by atoms with Gasteiger partial charge in [-0.25, -0.2) is 0 Å². The first kappa shape index (κ1) is 21.2. The second-order valence-corrected chi connectivity index (χ2v) is 7.00. The Bertz CT molecular complexity index is 831. The summed E-state index contributed by atoms with van der Waals surface area (Å²) in [5.74, 6) is -1.57. The maximum absolute atomic E-state index is 12.5. The average Bonchev–Trinajstić information content (AvgIpc) is 2.69. The number of amides is 2. The molecular formula is C22H26N2O4. The summed E-state index contributed by atoms with van der Waals surface area (Å²) in [6.45, 7) is 5.50. The Morgan fingerprint density at radius 1 is 0.929 bits per heavy atom. The summed E-state index contributed by atoms with van der Waals surface area (Å²) in [5.41, 5.74) is 0.270. The van der Waals surface area contributed by atoms with Gasteiger partial charge in [0, 0.05) is 23.7 Å². The molecular weight excluding hydrogens is 356 g/mol.